The normalized spacial score (nSPS) is 19.4. The summed E-state index contributed by atoms with van der Waals surface area (Å²) in [5, 5.41) is 3.34. The van der Waals surface area contributed by atoms with E-state index < -0.39 is 12.7 Å². The van der Waals surface area contributed by atoms with E-state index >= 15 is 0 Å². The molecule has 0 saturated carbocycles. The zero-order valence-electron chi connectivity index (χ0n) is 11.9. The van der Waals surface area contributed by atoms with E-state index in [0.29, 0.717) is 6.54 Å². The lowest BCUT2D eigenvalue weighted by Crippen LogP contribution is -2.45. The fourth-order valence-corrected chi connectivity index (χ4v) is 2.68. The molecule has 0 amide bonds. The predicted molar refractivity (Wildman–Crippen MR) is 73.7 cm³/mol. The summed E-state index contributed by atoms with van der Waals surface area (Å²) in [5.41, 5.74) is 2.37. The molecule has 0 saturated heterocycles. The first-order valence-electron chi connectivity index (χ1n) is 6.99. The number of hydrogen-bond acceptors (Lipinski definition) is 2. The topological polar surface area (TPSA) is 15.3 Å². The number of hydrogen-bond donors (Lipinski definition) is 1. The number of halogens is 3. The van der Waals surface area contributed by atoms with Crippen molar-refractivity contribution in [2.24, 2.45) is 0 Å². The van der Waals surface area contributed by atoms with Crippen LogP contribution >= 0.6 is 0 Å². The van der Waals surface area contributed by atoms with E-state index in [9.17, 15) is 13.2 Å². The molecule has 0 aromatic heterocycles. The van der Waals surface area contributed by atoms with Gasteiger partial charge in [0.2, 0.25) is 0 Å². The van der Waals surface area contributed by atoms with E-state index in [0.717, 1.165) is 18.5 Å². The molecule has 1 aromatic rings. The second-order valence-electron chi connectivity index (χ2n) is 5.59. The van der Waals surface area contributed by atoms with Gasteiger partial charge in [-0.2, -0.15) is 13.2 Å². The lowest BCUT2D eigenvalue weighted by atomic mass is 9.94. The molecule has 1 atom stereocenters. The van der Waals surface area contributed by atoms with Gasteiger partial charge >= 0.3 is 6.18 Å². The van der Waals surface area contributed by atoms with E-state index in [1.807, 2.05) is 18.2 Å². The molecule has 5 heteroatoms. The molecular weight excluding hydrogens is 265 g/mol. The van der Waals surface area contributed by atoms with Crippen molar-refractivity contribution in [2.45, 2.75) is 38.5 Å². The maximum Gasteiger partial charge on any atom is 0.401 e. The van der Waals surface area contributed by atoms with Gasteiger partial charge in [-0.3, -0.25) is 4.90 Å². The Morgan fingerprint density at radius 2 is 2.00 bits per heavy atom. The van der Waals surface area contributed by atoms with Crippen molar-refractivity contribution < 1.29 is 13.2 Å². The highest BCUT2D eigenvalue weighted by Crippen LogP contribution is 2.26. The third-order valence-electron chi connectivity index (χ3n) is 3.75. The van der Waals surface area contributed by atoms with Gasteiger partial charge in [0.15, 0.2) is 0 Å². The molecule has 0 spiro atoms. The number of nitrogens with one attached hydrogen (secondary N) is 1. The van der Waals surface area contributed by atoms with Crippen LogP contribution in [0.4, 0.5) is 13.2 Å². The molecule has 0 aliphatic carbocycles. The Labute approximate surface area is 118 Å². The number of alkyl halides is 3. The van der Waals surface area contributed by atoms with Crippen molar-refractivity contribution in [3.05, 3.63) is 35.4 Å². The molecule has 0 radical (unpaired) electrons. The van der Waals surface area contributed by atoms with Crippen LogP contribution in [0.3, 0.4) is 0 Å². The molecule has 20 heavy (non-hydrogen) atoms. The number of benzene rings is 1. The first-order chi connectivity index (χ1) is 9.37. The zero-order valence-corrected chi connectivity index (χ0v) is 11.9. The van der Waals surface area contributed by atoms with Gasteiger partial charge in [-0.15, -0.1) is 0 Å². The predicted octanol–water partition coefficient (Wildman–Crippen LogP) is 3.15. The highest BCUT2D eigenvalue weighted by Gasteiger charge is 2.33. The minimum absolute atomic E-state index is 0.0234. The maximum absolute atomic E-state index is 12.7. The van der Waals surface area contributed by atoms with Crippen LogP contribution < -0.4 is 5.32 Å². The smallest absolute Gasteiger partial charge is 0.309 e. The van der Waals surface area contributed by atoms with Crippen molar-refractivity contribution in [3.8, 4) is 0 Å². The monoisotopic (exact) mass is 286 g/mol. The third kappa shape index (κ3) is 3.96. The van der Waals surface area contributed by atoms with Gasteiger partial charge in [-0.25, -0.2) is 0 Å². The molecule has 1 aliphatic heterocycles. The number of fused-ring (bicyclic) bond motifs is 1. The van der Waals surface area contributed by atoms with Gasteiger partial charge in [-0.05, 0) is 37.9 Å². The van der Waals surface area contributed by atoms with E-state index in [2.05, 4.69) is 11.4 Å². The molecule has 1 aromatic carbocycles. The molecular formula is C15H21F3N2. The van der Waals surface area contributed by atoms with Gasteiger partial charge in [0.05, 0.1) is 6.54 Å². The van der Waals surface area contributed by atoms with E-state index in [4.69, 9.17) is 0 Å². The minimum Gasteiger partial charge on any atom is -0.309 e. The van der Waals surface area contributed by atoms with Crippen molar-refractivity contribution in [2.75, 3.05) is 19.6 Å². The molecule has 1 aliphatic rings. The van der Waals surface area contributed by atoms with Crippen LogP contribution in [-0.2, 0) is 6.42 Å². The van der Waals surface area contributed by atoms with Crippen LogP contribution in [0.2, 0.25) is 0 Å². The van der Waals surface area contributed by atoms with Crippen LogP contribution in [0, 0.1) is 0 Å². The van der Waals surface area contributed by atoms with Crippen LogP contribution in [0.5, 0.6) is 0 Å². The fourth-order valence-electron chi connectivity index (χ4n) is 2.68. The molecule has 0 bridgehead atoms. The summed E-state index contributed by atoms with van der Waals surface area (Å²) in [6, 6.07) is 7.85. The maximum atomic E-state index is 12.7. The molecule has 2 rings (SSSR count). The van der Waals surface area contributed by atoms with Gasteiger partial charge in [0, 0.05) is 18.6 Å². The third-order valence-corrected chi connectivity index (χ3v) is 3.75. The molecule has 1 N–H and O–H groups in total. The van der Waals surface area contributed by atoms with Gasteiger partial charge in [0.25, 0.3) is 0 Å². The molecule has 1 heterocycles. The Hall–Kier alpha value is -1.07. The summed E-state index contributed by atoms with van der Waals surface area (Å²) in [6.45, 7) is 3.96. The minimum atomic E-state index is -4.15. The molecule has 0 fully saturated rings. The first kappa shape index (κ1) is 15.3. The van der Waals surface area contributed by atoms with Gasteiger partial charge < -0.3 is 5.32 Å². The number of rotatable bonds is 4. The summed E-state index contributed by atoms with van der Waals surface area (Å²) in [5.74, 6) is 0. The lowest BCUT2D eigenvalue weighted by Gasteiger charge is -2.34. The van der Waals surface area contributed by atoms with Crippen LogP contribution in [-0.4, -0.2) is 36.8 Å². The quantitative estimate of drug-likeness (QED) is 0.914. The molecule has 1 unspecified atom stereocenters. The van der Waals surface area contributed by atoms with E-state index in [1.54, 1.807) is 13.8 Å². The summed E-state index contributed by atoms with van der Waals surface area (Å²) in [7, 11) is 0. The average molecular weight is 286 g/mol. The fraction of sp³-hybridized carbons (Fsp3) is 0.600. The van der Waals surface area contributed by atoms with Crippen LogP contribution in [0.1, 0.15) is 31.0 Å². The Kier molecular flexibility index (Phi) is 4.70. The summed E-state index contributed by atoms with van der Waals surface area (Å²) in [4.78, 5) is 1.49. The zero-order chi connectivity index (χ0) is 14.8. The molecule has 112 valence electrons. The van der Waals surface area contributed by atoms with Crippen molar-refractivity contribution in [3.63, 3.8) is 0 Å². The van der Waals surface area contributed by atoms with Crippen LogP contribution in [0.15, 0.2) is 24.3 Å². The first-order valence-corrected chi connectivity index (χ1v) is 6.99. The van der Waals surface area contributed by atoms with E-state index in [-0.39, 0.29) is 12.1 Å². The Morgan fingerprint density at radius 3 is 2.65 bits per heavy atom. The average Bonchev–Trinajstić information content (AvgIpc) is 2.36. The lowest BCUT2D eigenvalue weighted by molar-refractivity contribution is -0.150. The summed E-state index contributed by atoms with van der Waals surface area (Å²) < 4.78 is 38.0. The van der Waals surface area contributed by atoms with Gasteiger partial charge in [0.1, 0.15) is 0 Å². The summed E-state index contributed by atoms with van der Waals surface area (Å²) >= 11 is 0. The second-order valence-corrected chi connectivity index (χ2v) is 5.59. The Morgan fingerprint density at radius 1 is 1.30 bits per heavy atom. The second kappa shape index (κ2) is 6.14. The highest BCUT2D eigenvalue weighted by molar-refractivity contribution is 5.32. The van der Waals surface area contributed by atoms with Crippen molar-refractivity contribution in [1.29, 1.82) is 0 Å². The van der Waals surface area contributed by atoms with E-state index in [1.165, 1.54) is 10.5 Å². The van der Waals surface area contributed by atoms with Crippen molar-refractivity contribution >= 4 is 0 Å². The SMILES string of the molecule is CC(C)N(CC1NCCc2ccccc21)CC(F)(F)F. The highest BCUT2D eigenvalue weighted by atomic mass is 19.4. The van der Waals surface area contributed by atoms with Gasteiger partial charge in [-0.1, -0.05) is 24.3 Å². The Bertz CT molecular complexity index is 443. The largest absolute Gasteiger partial charge is 0.401 e. The summed E-state index contributed by atoms with van der Waals surface area (Å²) in [6.07, 6.45) is -3.22. The van der Waals surface area contributed by atoms with Crippen molar-refractivity contribution in [1.82, 2.24) is 10.2 Å². The molecule has 2 nitrogen and oxygen atoms in total. The standard InChI is InChI=1S/C15H21F3N2/c1-11(2)20(10-15(16,17)18)9-14-13-6-4-3-5-12(13)7-8-19-14/h3-6,11,14,19H,7-10H2,1-2H3. The van der Waals surface area contributed by atoms with Crippen LogP contribution in [0.25, 0.3) is 0 Å². The number of nitrogens with zero attached hydrogens (tertiary/aromatic N) is 1. The Balaban J connectivity index is 2.12.